The third-order valence-corrected chi connectivity index (χ3v) is 3.31. The molecule has 0 amide bonds. The molecular weight excluding hydrogens is 230 g/mol. The number of nitrogens with two attached hydrogens (primary N) is 1. The molecule has 0 radical (unpaired) electrons. The van der Waals surface area contributed by atoms with Crippen LogP contribution in [-0.4, -0.2) is 35.2 Å². The topological polar surface area (TPSA) is 77.2 Å². The second kappa shape index (κ2) is 5.37. The molecule has 0 bridgehead atoms. The van der Waals surface area contributed by atoms with E-state index >= 15 is 0 Å². The van der Waals surface area contributed by atoms with Gasteiger partial charge in [-0.05, 0) is 25.2 Å². The molecule has 1 aliphatic rings. The van der Waals surface area contributed by atoms with Gasteiger partial charge in [0.2, 0.25) is 11.9 Å². The van der Waals surface area contributed by atoms with E-state index in [1.807, 2.05) is 14.1 Å². The first-order valence-corrected chi connectivity index (χ1v) is 6.42. The Morgan fingerprint density at radius 3 is 2.56 bits per heavy atom. The van der Waals surface area contributed by atoms with Crippen LogP contribution in [0.2, 0.25) is 0 Å². The van der Waals surface area contributed by atoms with E-state index in [-0.39, 0.29) is 12.1 Å². The average molecular weight is 251 g/mol. The Morgan fingerprint density at radius 2 is 1.89 bits per heavy atom. The number of hydrogen-bond acceptors (Lipinski definition) is 6. The second-order valence-corrected chi connectivity index (χ2v) is 5.09. The van der Waals surface area contributed by atoms with Gasteiger partial charge in [-0.25, -0.2) is 0 Å². The molecule has 2 unspecified atom stereocenters. The van der Waals surface area contributed by atoms with E-state index in [4.69, 9.17) is 10.5 Å². The molecule has 0 spiro atoms. The van der Waals surface area contributed by atoms with E-state index in [0.29, 0.717) is 17.9 Å². The molecule has 1 fully saturated rings. The first-order chi connectivity index (χ1) is 8.56. The Hall–Kier alpha value is -1.59. The minimum Gasteiger partial charge on any atom is -0.460 e. The summed E-state index contributed by atoms with van der Waals surface area (Å²) < 4.78 is 5.87. The van der Waals surface area contributed by atoms with Crippen molar-refractivity contribution in [1.82, 2.24) is 15.0 Å². The summed E-state index contributed by atoms with van der Waals surface area (Å²) in [6.07, 6.45) is 4.94. The van der Waals surface area contributed by atoms with E-state index in [2.05, 4.69) is 21.9 Å². The molecule has 1 saturated carbocycles. The lowest BCUT2D eigenvalue weighted by atomic mass is 9.88. The smallest absolute Gasteiger partial charge is 0.323 e. The van der Waals surface area contributed by atoms with Crippen LogP contribution in [0.25, 0.3) is 0 Å². The highest BCUT2D eigenvalue weighted by molar-refractivity contribution is 5.33. The van der Waals surface area contributed by atoms with Gasteiger partial charge in [-0.15, -0.1) is 0 Å². The van der Waals surface area contributed by atoms with Crippen molar-refractivity contribution in [3.05, 3.63) is 0 Å². The number of rotatable bonds is 3. The summed E-state index contributed by atoms with van der Waals surface area (Å²) in [4.78, 5) is 14.1. The van der Waals surface area contributed by atoms with Crippen molar-refractivity contribution in [2.24, 2.45) is 5.92 Å². The molecule has 1 aromatic heterocycles. The van der Waals surface area contributed by atoms with Crippen LogP contribution in [0.1, 0.15) is 32.6 Å². The molecule has 2 N–H and O–H groups in total. The van der Waals surface area contributed by atoms with Crippen LogP contribution in [0.15, 0.2) is 0 Å². The van der Waals surface area contributed by atoms with Gasteiger partial charge in [0.05, 0.1) is 0 Å². The van der Waals surface area contributed by atoms with Gasteiger partial charge in [0.1, 0.15) is 6.10 Å². The maximum Gasteiger partial charge on any atom is 0.323 e. The van der Waals surface area contributed by atoms with Crippen molar-refractivity contribution >= 4 is 11.9 Å². The van der Waals surface area contributed by atoms with Crippen LogP contribution >= 0.6 is 0 Å². The quantitative estimate of drug-likeness (QED) is 0.876. The summed E-state index contributed by atoms with van der Waals surface area (Å²) >= 11 is 0. The Labute approximate surface area is 108 Å². The minimum atomic E-state index is 0.190. The Kier molecular flexibility index (Phi) is 3.84. The van der Waals surface area contributed by atoms with Crippen LogP contribution < -0.4 is 15.4 Å². The van der Waals surface area contributed by atoms with E-state index in [9.17, 15) is 0 Å². The van der Waals surface area contributed by atoms with E-state index < -0.39 is 0 Å². The molecule has 18 heavy (non-hydrogen) atoms. The van der Waals surface area contributed by atoms with E-state index in [1.165, 1.54) is 19.3 Å². The molecule has 6 nitrogen and oxygen atoms in total. The van der Waals surface area contributed by atoms with Gasteiger partial charge < -0.3 is 15.4 Å². The summed E-state index contributed by atoms with van der Waals surface area (Å²) in [5.74, 6) is 1.27. The maximum absolute atomic E-state index is 5.87. The lowest BCUT2D eigenvalue weighted by molar-refractivity contribution is 0.0923. The highest BCUT2D eigenvalue weighted by atomic mass is 16.5. The third-order valence-electron chi connectivity index (χ3n) is 3.31. The van der Waals surface area contributed by atoms with Crippen LogP contribution in [0.3, 0.4) is 0 Å². The van der Waals surface area contributed by atoms with Crippen molar-refractivity contribution in [3.8, 4) is 6.01 Å². The number of anilines is 2. The zero-order chi connectivity index (χ0) is 13.1. The van der Waals surface area contributed by atoms with Gasteiger partial charge >= 0.3 is 6.01 Å². The first kappa shape index (κ1) is 12.9. The fourth-order valence-electron chi connectivity index (χ4n) is 2.21. The average Bonchev–Trinajstić information content (AvgIpc) is 2.31. The lowest BCUT2D eigenvalue weighted by Gasteiger charge is -2.28. The fourth-order valence-corrected chi connectivity index (χ4v) is 2.21. The summed E-state index contributed by atoms with van der Waals surface area (Å²) in [5, 5.41) is 0. The molecular formula is C12H21N5O. The lowest BCUT2D eigenvalue weighted by Crippen LogP contribution is -2.29. The normalized spacial score (nSPS) is 23.7. The van der Waals surface area contributed by atoms with Crippen molar-refractivity contribution in [2.75, 3.05) is 24.7 Å². The monoisotopic (exact) mass is 251 g/mol. The number of nitrogen functional groups attached to an aromatic ring is 1. The molecule has 2 atom stereocenters. The molecule has 6 heteroatoms. The number of ether oxygens (including phenoxy) is 1. The van der Waals surface area contributed by atoms with Crippen molar-refractivity contribution in [1.29, 1.82) is 0 Å². The predicted molar refractivity (Wildman–Crippen MR) is 70.6 cm³/mol. The first-order valence-electron chi connectivity index (χ1n) is 6.42. The summed E-state index contributed by atoms with van der Waals surface area (Å²) in [6.45, 7) is 2.21. The standard InChI is InChI=1S/C12H21N5O/c1-8-6-4-5-7-9(8)18-12-15-10(13)14-11(16-12)17(2)3/h8-9H,4-7H2,1-3H3,(H2,13,14,15,16). The van der Waals surface area contributed by atoms with Crippen LogP contribution in [-0.2, 0) is 0 Å². The summed E-state index contributed by atoms with van der Waals surface area (Å²) in [5.41, 5.74) is 5.67. The Bertz CT molecular complexity index is 409. The van der Waals surface area contributed by atoms with E-state index in [0.717, 1.165) is 6.42 Å². The SMILES string of the molecule is CC1CCCCC1Oc1nc(N)nc(N(C)C)n1. The highest BCUT2D eigenvalue weighted by Gasteiger charge is 2.24. The minimum absolute atomic E-state index is 0.190. The molecule has 2 rings (SSSR count). The largest absolute Gasteiger partial charge is 0.460 e. The highest BCUT2D eigenvalue weighted by Crippen LogP contribution is 2.27. The maximum atomic E-state index is 5.87. The molecule has 0 saturated heterocycles. The predicted octanol–water partition coefficient (Wildman–Crippen LogP) is 1.48. The molecule has 0 aliphatic heterocycles. The molecule has 100 valence electrons. The van der Waals surface area contributed by atoms with Crippen molar-refractivity contribution in [2.45, 2.75) is 38.7 Å². The van der Waals surface area contributed by atoms with Gasteiger partial charge in [0.15, 0.2) is 0 Å². The number of nitrogens with zero attached hydrogens (tertiary/aromatic N) is 4. The Morgan fingerprint density at radius 1 is 1.17 bits per heavy atom. The molecule has 1 aliphatic carbocycles. The van der Waals surface area contributed by atoms with Crippen LogP contribution in [0.5, 0.6) is 6.01 Å². The third kappa shape index (κ3) is 3.00. The van der Waals surface area contributed by atoms with Crippen LogP contribution in [0.4, 0.5) is 11.9 Å². The van der Waals surface area contributed by atoms with Gasteiger partial charge in [0, 0.05) is 14.1 Å². The van der Waals surface area contributed by atoms with Gasteiger partial charge in [-0.1, -0.05) is 13.3 Å². The molecule has 1 heterocycles. The van der Waals surface area contributed by atoms with E-state index in [1.54, 1.807) is 4.90 Å². The number of aromatic nitrogens is 3. The molecule has 0 aromatic carbocycles. The van der Waals surface area contributed by atoms with Gasteiger partial charge in [0.25, 0.3) is 0 Å². The van der Waals surface area contributed by atoms with Crippen LogP contribution in [0, 0.1) is 5.92 Å². The van der Waals surface area contributed by atoms with Crippen molar-refractivity contribution < 1.29 is 4.74 Å². The number of hydrogen-bond donors (Lipinski definition) is 1. The summed E-state index contributed by atoms with van der Waals surface area (Å²) in [7, 11) is 3.73. The Balaban J connectivity index is 2.12. The van der Waals surface area contributed by atoms with Gasteiger partial charge in [-0.3, -0.25) is 0 Å². The second-order valence-electron chi connectivity index (χ2n) is 5.09. The fraction of sp³-hybridized carbons (Fsp3) is 0.750. The van der Waals surface area contributed by atoms with Gasteiger partial charge in [-0.2, -0.15) is 15.0 Å². The summed E-state index contributed by atoms with van der Waals surface area (Å²) in [6, 6.07) is 0.338. The zero-order valence-electron chi connectivity index (χ0n) is 11.3. The zero-order valence-corrected chi connectivity index (χ0v) is 11.3. The van der Waals surface area contributed by atoms with Crippen molar-refractivity contribution in [3.63, 3.8) is 0 Å². The molecule has 1 aromatic rings.